The van der Waals surface area contributed by atoms with Crippen molar-refractivity contribution in [2.24, 2.45) is 5.73 Å². The number of hydrogen-bond acceptors (Lipinski definition) is 2. The van der Waals surface area contributed by atoms with Gasteiger partial charge in [-0.2, -0.15) is 0 Å². The summed E-state index contributed by atoms with van der Waals surface area (Å²) in [4.78, 5) is 3.94. The highest BCUT2D eigenvalue weighted by atomic mass is 19.3. The van der Waals surface area contributed by atoms with Crippen molar-refractivity contribution >= 4 is 0 Å². The third-order valence-electron chi connectivity index (χ3n) is 1.92. The van der Waals surface area contributed by atoms with E-state index in [1.165, 1.54) is 6.20 Å². The molecule has 13 heavy (non-hydrogen) atoms. The first-order valence-corrected chi connectivity index (χ1v) is 4.06. The Balaban J connectivity index is 2.86. The molecule has 1 aromatic rings. The number of halogens is 2. The van der Waals surface area contributed by atoms with E-state index in [1.807, 2.05) is 6.92 Å². The second-order valence-corrected chi connectivity index (χ2v) is 2.91. The first-order chi connectivity index (χ1) is 6.15. The molecule has 0 aliphatic rings. The van der Waals surface area contributed by atoms with Gasteiger partial charge in [0.1, 0.15) is 0 Å². The van der Waals surface area contributed by atoms with E-state index >= 15 is 0 Å². The molecule has 72 valence electrons. The zero-order chi connectivity index (χ0) is 9.84. The minimum Gasteiger partial charge on any atom is -0.330 e. The summed E-state index contributed by atoms with van der Waals surface area (Å²) in [6, 6.07) is 3.35. The quantitative estimate of drug-likeness (QED) is 0.780. The molecule has 1 rings (SSSR count). The zero-order valence-electron chi connectivity index (χ0n) is 7.37. The number of pyridine rings is 1. The first-order valence-electron chi connectivity index (χ1n) is 4.06. The highest BCUT2D eigenvalue weighted by molar-refractivity contribution is 5.18. The maximum Gasteiger partial charge on any atom is 0.246 e. The molecule has 1 aromatic heterocycles. The van der Waals surface area contributed by atoms with Crippen LogP contribution in [0.1, 0.15) is 17.2 Å². The smallest absolute Gasteiger partial charge is 0.246 e. The Morgan fingerprint density at radius 2 is 2.15 bits per heavy atom. The molecule has 0 bridgehead atoms. The van der Waals surface area contributed by atoms with Crippen LogP contribution >= 0.6 is 0 Å². The molecule has 1 heterocycles. The molecule has 0 saturated heterocycles. The van der Waals surface area contributed by atoms with Crippen molar-refractivity contribution in [3.05, 3.63) is 29.6 Å². The van der Waals surface area contributed by atoms with Gasteiger partial charge in [0.2, 0.25) is 6.43 Å². The molecule has 1 unspecified atom stereocenters. The normalized spacial score (nSPS) is 13.3. The van der Waals surface area contributed by atoms with Crippen molar-refractivity contribution in [3.8, 4) is 0 Å². The van der Waals surface area contributed by atoms with Gasteiger partial charge in [0.25, 0.3) is 0 Å². The molecule has 0 saturated carbocycles. The Hall–Kier alpha value is -1.03. The molecule has 0 aliphatic carbocycles. The minimum atomic E-state index is -2.42. The van der Waals surface area contributed by atoms with Crippen LogP contribution in [-0.4, -0.2) is 18.0 Å². The van der Waals surface area contributed by atoms with Gasteiger partial charge in [-0.05, 0) is 18.6 Å². The number of nitrogens with zero attached hydrogens (tertiary/aromatic N) is 1. The molecular formula is C9H12F2N2. The van der Waals surface area contributed by atoms with Gasteiger partial charge in [-0.3, -0.25) is 4.98 Å². The Bertz CT molecular complexity index is 259. The number of aryl methyl sites for hydroxylation is 1. The van der Waals surface area contributed by atoms with Gasteiger partial charge in [-0.15, -0.1) is 0 Å². The van der Waals surface area contributed by atoms with Gasteiger partial charge in [0.15, 0.2) is 0 Å². The average molecular weight is 186 g/mol. The summed E-state index contributed by atoms with van der Waals surface area (Å²) in [5.41, 5.74) is 6.55. The molecule has 2 nitrogen and oxygen atoms in total. The highest BCUT2D eigenvalue weighted by Gasteiger charge is 2.20. The van der Waals surface area contributed by atoms with Crippen LogP contribution in [0.2, 0.25) is 0 Å². The lowest BCUT2D eigenvalue weighted by Crippen LogP contribution is -2.19. The van der Waals surface area contributed by atoms with E-state index in [9.17, 15) is 8.78 Å². The van der Waals surface area contributed by atoms with Gasteiger partial charge < -0.3 is 5.73 Å². The fraction of sp³-hybridized carbons (Fsp3) is 0.444. The molecule has 4 heteroatoms. The summed E-state index contributed by atoms with van der Waals surface area (Å²) in [5, 5.41) is 0. The van der Waals surface area contributed by atoms with Crippen molar-refractivity contribution < 1.29 is 8.78 Å². The summed E-state index contributed by atoms with van der Waals surface area (Å²) in [6.07, 6.45) is -0.964. The molecule has 0 spiro atoms. The molecule has 1 atom stereocenters. The molecule has 0 radical (unpaired) electrons. The van der Waals surface area contributed by atoms with Gasteiger partial charge in [0, 0.05) is 18.4 Å². The van der Waals surface area contributed by atoms with Crippen LogP contribution < -0.4 is 5.73 Å². The van der Waals surface area contributed by atoms with Crippen molar-refractivity contribution in [2.75, 3.05) is 6.54 Å². The molecule has 2 N–H and O–H groups in total. The van der Waals surface area contributed by atoms with Gasteiger partial charge >= 0.3 is 0 Å². The highest BCUT2D eigenvalue weighted by Crippen LogP contribution is 2.21. The lowest BCUT2D eigenvalue weighted by Gasteiger charge is -2.13. The Morgan fingerprint density at radius 1 is 1.46 bits per heavy atom. The number of nitrogens with two attached hydrogens (primary N) is 1. The predicted octanol–water partition coefficient (Wildman–Crippen LogP) is 1.70. The minimum absolute atomic E-state index is 0.0532. The van der Waals surface area contributed by atoms with Crippen LogP contribution in [0.25, 0.3) is 0 Å². The van der Waals surface area contributed by atoms with E-state index in [-0.39, 0.29) is 6.54 Å². The molecular weight excluding hydrogens is 174 g/mol. The van der Waals surface area contributed by atoms with Crippen LogP contribution in [0.3, 0.4) is 0 Å². The molecule has 0 amide bonds. The van der Waals surface area contributed by atoms with Crippen molar-refractivity contribution in [1.82, 2.24) is 4.98 Å². The van der Waals surface area contributed by atoms with E-state index in [4.69, 9.17) is 5.73 Å². The Kier molecular flexibility index (Phi) is 3.31. The van der Waals surface area contributed by atoms with Crippen LogP contribution in [0, 0.1) is 6.92 Å². The topological polar surface area (TPSA) is 38.9 Å². The van der Waals surface area contributed by atoms with Crippen molar-refractivity contribution in [2.45, 2.75) is 19.3 Å². The largest absolute Gasteiger partial charge is 0.330 e. The maximum atomic E-state index is 12.4. The SMILES string of the molecule is Cc1ccc(C(CN)C(F)F)cn1. The number of hydrogen-bond donors (Lipinski definition) is 1. The first kappa shape index (κ1) is 10.1. The zero-order valence-corrected chi connectivity index (χ0v) is 7.37. The number of aromatic nitrogens is 1. The van der Waals surface area contributed by atoms with Crippen molar-refractivity contribution in [1.29, 1.82) is 0 Å². The van der Waals surface area contributed by atoms with E-state index in [0.29, 0.717) is 5.56 Å². The summed E-state index contributed by atoms with van der Waals surface area (Å²) in [5.74, 6) is -0.895. The molecule has 0 fully saturated rings. The maximum absolute atomic E-state index is 12.4. The van der Waals surface area contributed by atoms with Crippen LogP contribution in [-0.2, 0) is 0 Å². The second-order valence-electron chi connectivity index (χ2n) is 2.91. The predicted molar refractivity (Wildman–Crippen MR) is 46.8 cm³/mol. The van der Waals surface area contributed by atoms with Gasteiger partial charge in [0.05, 0.1) is 5.92 Å². The number of rotatable bonds is 3. The van der Waals surface area contributed by atoms with Gasteiger partial charge in [-0.25, -0.2) is 8.78 Å². The third kappa shape index (κ3) is 2.45. The second kappa shape index (κ2) is 4.28. The van der Waals surface area contributed by atoms with E-state index in [0.717, 1.165) is 5.69 Å². The van der Waals surface area contributed by atoms with E-state index in [2.05, 4.69) is 4.98 Å². The Morgan fingerprint density at radius 3 is 2.54 bits per heavy atom. The van der Waals surface area contributed by atoms with Crippen LogP contribution in [0.5, 0.6) is 0 Å². The molecule has 0 aliphatic heterocycles. The lowest BCUT2D eigenvalue weighted by molar-refractivity contribution is 0.117. The average Bonchev–Trinajstić information content (AvgIpc) is 2.09. The lowest BCUT2D eigenvalue weighted by atomic mass is 10.0. The fourth-order valence-electron chi connectivity index (χ4n) is 1.08. The summed E-state index contributed by atoms with van der Waals surface area (Å²) >= 11 is 0. The third-order valence-corrected chi connectivity index (χ3v) is 1.92. The monoisotopic (exact) mass is 186 g/mol. The van der Waals surface area contributed by atoms with E-state index < -0.39 is 12.3 Å². The Labute approximate surface area is 75.8 Å². The molecule has 0 aromatic carbocycles. The summed E-state index contributed by atoms with van der Waals surface area (Å²) in [6.45, 7) is 1.76. The standard InChI is InChI=1S/C9H12F2N2/c1-6-2-3-7(5-13-6)8(4-12)9(10)11/h2-3,5,8-9H,4,12H2,1H3. The summed E-state index contributed by atoms with van der Waals surface area (Å²) < 4.78 is 24.8. The van der Waals surface area contributed by atoms with E-state index in [1.54, 1.807) is 12.1 Å². The van der Waals surface area contributed by atoms with Gasteiger partial charge in [-0.1, -0.05) is 6.07 Å². The van der Waals surface area contributed by atoms with Crippen LogP contribution in [0.15, 0.2) is 18.3 Å². The number of alkyl halides is 2. The van der Waals surface area contributed by atoms with Crippen LogP contribution in [0.4, 0.5) is 8.78 Å². The fourth-order valence-corrected chi connectivity index (χ4v) is 1.08. The van der Waals surface area contributed by atoms with Crippen molar-refractivity contribution in [3.63, 3.8) is 0 Å². The summed E-state index contributed by atoms with van der Waals surface area (Å²) in [7, 11) is 0.